The Morgan fingerprint density at radius 1 is 1.00 bits per heavy atom. The van der Waals surface area contributed by atoms with Gasteiger partial charge in [0.25, 0.3) is 0 Å². The molecular formula is C26H28N4O6. The van der Waals surface area contributed by atoms with Crippen LogP contribution in [0.25, 0.3) is 21.8 Å². The van der Waals surface area contributed by atoms with Gasteiger partial charge in [-0.3, -0.25) is 4.90 Å². The summed E-state index contributed by atoms with van der Waals surface area (Å²) in [7, 11) is 1.42. The number of aromatic nitrogens is 2. The second kappa shape index (κ2) is 10.5. The number of carboxylic acids is 2. The normalized spacial score (nSPS) is 15.9. The molecule has 5 rings (SSSR count). The summed E-state index contributed by atoms with van der Waals surface area (Å²) >= 11 is 0. The van der Waals surface area contributed by atoms with Gasteiger partial charge in [-0.05, 0) is 36.4 Å². The number of anilines is 1. The number of fused-ring (bicyclic) bond motifs is 2. The first-order chi connectivity index (χ1) is 17.3. The van der Waals surface area contributed by atoms with E-state index in [1.165, 1.54) is 23.6 Å². The van der Waals surface area contributed by atoms with Gasteiger partial charge in [-0.1, -0.05) is 25.1 Å². The number of para-hydroxylation sites is 1. The maximum atomic E-state index is 12.2. The molecule has 0 radical (unpaired) electrons. The Labute approximate surface area is 207 Å². The first kappa shape index (κ1) is 24.8. The fourth-order valence-electron chi connectivity index (χ4n) is 4.73. The van der Waals surface area contributed by atoms with E-state index in [0.717, 1.165) is 42.8 Å². The maximum absolute atomic E-state index is 12.2. The number of aromatic amines is 2. The lowest BCUT2D eigenvalue weighted by atomic mass is 10.00. The molecule has 1 aliphatic heterocycles. The summed E-state index contributed by atoms with van der Waals surface area (Å²) < 4.78 is 4.98. The standard InChI is InChI=1S/C24H26N4O2.C2H2O4/c1-3-27-10-11-28(15-23(27)19-14-26-20-7-5-4-6-17(19)20)22-13-16(24(29)30-2)12-21-18(22)8-9-25-21;3-1(4)2(5)6/h4-9,12-14,23,25-26H,3,10-11,15H2,1-2H3;(H,3,4)(H,5,6). The first-order valence-electron chi connectivity index (χ1n) is 11.5. The molecule has 0 spiro atoms. The van der Waals surface area contributed by atoms with Crippen molar-refractivity contribution in [2.75, 3.05) is 38.2 Å². The Kier molecular flexibility index (Phi) is 7.25. The molecule has 0 saturated carbocycles. The molecule has 0 amide bonds. The number of nitrogens with zero attached hydrogens (tertiary/aromatic N) is 2. The summed E-state index contributed by atoms with van der Waals surface area (Å²) in [5.74, 6) is -3.96. The van der Waals surface area contributed by atoms with Crippen molar-refractivity contribution in [1.29, 1.82) is 0 Å². The number of carboxylic acid groups (broad SMARTS) is 2. The number of methoxy groups -OCH3 is 1. The Bertz CT molecular complexity index is 1400. The summed E-state index contributed by atoms with van der Waals surface area (Å²) in [6.07, 6.45) is 4.08. The molecule has 1 unspecified atom stereocenters. The van der Waals surface area contributed by atoms with Crippen molar-refractivity contribution < 1.29 is 29.3 Å². The number of piperazine rings is 1. The van der Waals surface area contributed by atoms with Crippen LogP contribution in [-0.2, 0) is 14.3 Å². The molecule has 10 heteroatoms. The maximum Gasteiger partial charge on any atom is 0.414 e. The predicted octanol–water partition coefficient (Wildman–Crippen LogP) is 3.47. The van der Waals surface area contributed by atoms with E-state index in [9.17, 15) is 4.79 Å². The molecule has 2 aromatic carbocycles. The molecule has 1 fully saturated rings. The van der Waals surface area contributed by atoms with Gasteiger partial charge in [-0.15, -0.1) is 0 Å². The first-order valence-corrected chi connectivity index (χ1v) is 11.5. The van der Waals surface area contributed by atoms with Crippen LogP contribution in [0, 0.1) is 0 Å². The van der Waals surface area contributed by atoms with Gasteiger partial charge < -0.3 is 29.8 Å². The van der Waals surface area contributed by atoms with E-state index in [-0.39, 0.29) is 12.0 Å². The SMILES string of the molecule is CCN1CCN(c2cc(C(=O)OC)cc3[nH]ccc23)CC1c1c[nH]c2ccccc12.O=C(O)C(=O)O. The quantitative estimate of drug-likeness (QED) is 0.251. The lowest BCUT2D eigenvalue weighted by molar-refractivity contribution is -0.159. The third kappa shape index (κ3) is 4.89. The number of likely N-dealkylation sites (N-methyl/N-ethyl adjacent to an activating group) is 1. The van der Waals surface area contributed by atoms with Gasteiger partial charge in [0.2, 0.25) is 0 Å². The molecule has 0 bridgehead atoms. The number of carbonyl (C=O) groups is 3. The number of benzene rings is 2. The average molecular weight is 493 g/mol. The smallest absolute Gasteiger partial charge is 0.414 e. The highest BCUT2D eigenvalue weighted by Gasteiger charge is 2.30. The van der Waals surface area contributed by atoms with Crippen LogP contribution in [0.5, 0.6) is 0 Å². The Morgan fingerprint density at radius 3 is 2.44 bits per heavy atom. The Morgan fingerprint density at radius 2 is 1.75 bits per heavy atom. The molecule has 1 saturated heterocycles. The van der Waals surface area contributed by atoms with Gasteiger partial charge in [0.1, 0.15) is 0 Å². The zero-order valence-corrected chi connectivity index (χ0v) is 20.0. The Hall–Kier alpha value is -4.31. The monoisotopic (exact) mass is 492 g/mol. The van der Waals surface area contributed by atoms with E-state index >= 15 is 0 Å². The van der Waals surface area contributed by atoms with Gasteiger partial charge in [-0.25, -0.2) is 14.4 Å². The minimum absolute atomic E-state index is 0.274. The third-order valence-corrected chi connectivity index (χ3v) is 6.47. The van der Waals surface area contributed by atoms with Crippen LogP contribution in [-0.4, -0.2) is 76.3 Å². The van der Waals surface area contributed by atoms with Crippen LogP contribution in [0.2, 0.25) is 0 Å². The fraction of sp³-hybridized carbons (Fsp3) is 0.269. The number of carbonyl (C=O) groups excluding carboxylic acids is 1. The minimum atomic E-state index is -1.82. The summed E-state index contributed by atoms with van der Waals surface area (Å²) in [5.41, 5.74) is 5.10. The lowest BCUT2D eigenvalue weighted by Gasteiger charge is -2.42. The molecule has 0 aliphatic carbocycles. The molecule has 1 aliphatic rings. The van der Waals surface area contributed by atoms with Crippen LogP contribution >= 0.6 is 0 Å². The van der Waals surface area contributed by atoms with Crippen molar-refractivity contribution in [2.45, 2.75) is 13.0 Å². The number of rotatable bonds is 4. The molecule has 3 heterocycles. The van der Waals surface area contributed by atoms with Crippen LogP contribution < -0.4 is 4.90 Å². The largest absolute Gasteiger partial charge is 0.473 e. The van der Waals surface area contributed by atoms with Crippen molar-refractivity contribution >= 4 is 45.4 Å². The topological polar surface area (TPSA) is 139 Å². The van der Waals surface area contributed by atoms with Gasteiger partial charge in [-0.2, -0.15) is 0 Å². The van der Waals surface area contributed by atoms with Gasteiger partial charge in [0, 0.05) is 59.5 Å². The highest BCUT2D eigenvalue weighted by Crippen LogP contribution is 2.35. The van der Waals surface area contributed by atoms with E-state index in [4.69, 9.17) is 24.5 Å². The van der Waals surface area contributed by atoms with Crippen LogP contribution in [0.4, 0.5) is 5.69 Å². The summed E-state index contributed by atoms with van der Waals surface area (Å²) in [6, 6.07) is 14.7. The third-order valence-electron chi connectivity index (χ3n) is 6.47. The van der Waals surface area contributed by atoms with E-state index in [2.05, 4.69) is 63.2 Å². The van der Waals surface area contributed by atoms with E-state index in [0.29, 0.717) is 5.56 Å². The highest BCUT2D eigenvalue weighted by atomic mass is 16.5. The second-order valence-electron chi connectivity index (χ2n) is 8.42. The van der Waals surface area contributed by atoms with Gasteiger partial charge in [0.15, 0.2) is 0 Å². The van der Waals surface area contributed by atoms with E-state index in [1.807, 2.05) is 18.3 Å². The van der Waals surface area contributed by atoms with Crippen LogP contribution in [0.3, 0.4) is 0 Å². The van der Waals surface area contributed by atoms with Crippen molar-refractivity contribution in [3.63, 3.8) is 0 Å². The van der Waals surface area contributed by atoms with E-state index < -0.39 is 11.9 Å². The molecule has 1 atom stereocenters. The number of nitrogens with one attached hydrogen (secondary N) is 2. The molecular weight excluding hydrogens is 464 g/mol. The van der Waals surface area contributed by atoms with Gasteiger partial charge >= 0.3 is 17.9 Å². The van der Waals surface area contributed by atoms with Crippen molar-refractivity contribution in [3.05, 3.63) is 66.0 Å². The predicted molar refractivity (Wildman–Crippen MR) is 135 cm³/mol. The molecule has 4 aromatic rings. The number of aliphatic carboxylic acids is 2. The number of H-pyrrole nitrogens is 2. The molecule has 4 N–H and O–H groups in total. The fourth-order valence-corrected chi connectivity index (χ4v) is 4.73. The Balaban J connectivity index is 0.000000455. The second-order valence-corrected chi connectivity index (χ2v) is 8.42. The highest BCUT2D eigenvalue weighted by molar-refractivity contribution is 6.27. The summed E-state index contributed by atoms with van der Waals surface area (Å²) in [5, 5.41) is 17.2. The van der Waals surface area contributed by atoms with Crippen LogP contribution in [0.1, 0.15) is 28.9 Å². The van der Waals surface area contributed by atoms with E-state index in [1.54, 1.807) is 0 Å². The zero-order chi connectivity index (χ0) is 25.8. The number of hydrogen-bond donors (Lipinski definition) is 4. The lowest BCUT2D eigenvalue weighted by Crippen LogP contribution is -2.48. The van der Waals surface area contributed by atoms with Crippen molar-refractivity contribution in [3.8, 4) is 0 Å². The number of hydrogen-bond acceptors (Lipinski definition) is 6. The summed E-state index contributed by atoms with van der Waals surface area (Å²) in [6.45, 7) is 5.97. The average Bonchev–Trinajstić information content (AvgIpc) is 3.54. The summed E-state index contributed by atoms with van der Waals surface area (Å²) in [4.78, 5) is 42.1. The number of ether oxygens (including phenoxy) is 1. The van der Waals surface area contributed by atoms with Crippen molar-refractivity contribution in [2.24, 2.45) is 0 Å². The molecule has 188 valence electrons. The molecule has 36 heavy (non-hydrogen) atoms. The molecule has 2 aromatic heterocycles. The minimum Gasteiger partial charge on any atom is -0.473 e. The van der Waals surface area contributed by atoms with Gasteiger partial charge in [0.05, 0.1) is 18.7 Å². The number of esters is 1. The van der Waals surface area contributed by atoms with Crippen molar-refractivity contribution in [1.82, 2.24) is 14.9 Å². The molecule has 10 nitrogen and oxygen atoms in total. The zero-order valence-electron chi connectivity index (χ0n) is 20.0. The van der Waals surface area contributed by atoms with Crippen LogP contribution in [0.15, 0.2) is 54.9 Å².